The van der Waals surface area contributed by atoms with E-state index in [9.17, 15) is 9.59 Å². The van der Waals surface area contributed by atoms with Crippen molar-refractivity contribution in [2.45, 2.75) is 45.6 Å². The number of nitrogens with zero attached hydrogens (tertiary/aromatic N) is 1. The number of carbonyl (C=O) groups is 2. The molecule has 0 bridgehead atoms. The second-order valence-corrected chi connectivity index (χ2v) is 6.76. The third-order valence-corrected chi connectivity index (χ3v) is 4.88. The number of hydrogen-bond acceptors (Lipinski definition) is 2. The largest absolute Gasteiger partial charge is 0.352 e. The molecule has 0 aliphatic carbocycles. The molecule has 0 aromatic heterocycles. The van der Waals surface area contributed by atoms with Crippen LogP contribution < -0.4 is 10.2 Å². The maximum Gasteiger partial charge on any atom is 0.227 e. The molecule has 0 atom stereocenters. The van der Waals surface area contributed by atoms with E-state index in [0.717, 1.165) is 37.1 Å². The van der Waals surface area contributed by atoms with Crippen molar-refractivity contribution in [2.24, 2.45) is 0 Å². The number of carbonyl (C=O) groups excluding carboxylic acids is 2. The number of rotatable bonds is 7. The summed E-state index contributed by atoms with van der Waals surface area (Å²) in [7, 11) is 0. The van der Waals surface area contributed by atoms with Crippen molar-refractivity contribution >= 4 is 17.5 Å². The maximum atomic E-state index is 12.1. The van der Waals surface area contributed by atoms with Crippen molar-refractivity contribution in [3.05, 3.63) is 65.2 Å². The molecule has 2 aromatic rings. The normalized spacial score (nSPS) is 13.9. The third-order valence-electron chi connectivity index (χ3n) is 4.88. The van der Waals surface area contributed by atoms with E-state index in [4.69, 9.17) is 0 Å². The average molecular weight is 350 g/mol. The van der Waals surface area contributed by atoms with Gasteiger partial charge in [0.05, 0.1) is 0 Å². The molecule has 1 saturated heterocycles. The van der Waals surface area contributed by atoms with Crippen LogP contribution in [0.5, 0.6) is 0 Å². The van der Waals surface area contributed by atoms with Gasteiger partial charge in [-0.1, -0.05) is 43.3 Å². The molecule has 26 heavy (non-hydrogen) atoms. The maximum absolute atomic E-state index is 12.1. The van der Waals surface area contributed by atoms with Gasteiger partial charge in [-0.05, 0) is 48.1 Å². The summed E-state index contributed by atoms with van der Waals surface area (Å²) in [5.41, 5.74) is 4.49. The van der Waals surface area contributed by atoms with Gasteiger partial charge in [-0.15, -0.1) is 0 Å². The smallest absolute Gasteiger partial charge is 0.227 e. The number of anilines is 1. The van der Waals surface area contributed by atoms with Crippen LogP contribution in [0.25, 0.3) is 0 Å². The van der Waals surface area contributed by atoms with Crippen molar-refractivity contribution in [2.75, 3.05) is 11.4 Å². The van der Waals surface area contributed by atoms with Gasteiger partial charge in [0.15, 0.2) is 0 Å². The lowest BCUT2D eigenvalue weighted by Gasteiger charge is -2.16. The van der Waals surface area contributed by atoms with Gasteiger partial charge in [0.1, 0.15) is 0 Å². The van der Waals surface area contributed by atoms with Crippen LogP contribution in [0.4, 0.5) is 5.69 Å². The molecular weight excluding hydrogens is 324 g/mol. The molecule has 4 nitrogen and oxygen atoms in total. The molecule has 1 heterocycles. The first-order chi connectivity index (χ1) is 12.7. The van der Waals surface area contributed by atoms with Crippen molar-refractivity contribution in [3.8, 4) is 0 Å². The second-order valence-electron chi connectivity index (χ2n) is 6.76. The van der Waals surface area contributed by atoms with Crippen LogP contribution in [-0.4, -0.2) is 18.4 Å². The zero-order chi connectivity index (χ0) is 18.4. The van der Waals surface area contributed by atoms with Gasteiger partial charge < -0.3 is 10.2 Å². The molecule has 1 aliphatic heterocycles. The summed E-state index contributed by atoms with van der Waals surface area (Å²) in [6.45, 7) is 3.45. The highest BCUT2D eigenvalue weighted by Gasteiger charge is 2.21. The van der Waals surface area contributed by atoms with E-state index in [1.807, 2.05) is 29.2 Å². The molecule has 1 fully saturated rings. The van der Waals surface area contributed by atoms with Gasteiger partial charge in [-0.2, -0.15) is 0 Å². The monoisotopic (exact) mass is 350 g/mol. The number of aryl methyl sites for hydroxylation is 2. The van der Waals surface area contributed by atoms with Crippen molar-refractivity contribution in [1.82, 2.24) is 5.32 Å². The van der Waals surface area contributed by atoms with Crippen LogP contribution in [0.2, 0.25) is 0 Å². The van der Waals surface area contributed by atoms with Crippen LogP contribution in [0.1, 0.15) is 42.9 Å². The topological polar surface area (TPSA) is 49.4 Å². The van der Waals surface area contributed by atoms with Crippen LogP contribution in [-0.2, 0) is 29.0 Å². The number of amides is 2. The summed E-state index contributed by atoms with van der Waals surface area (Å²) >= 11 is 0. The molecule has 1 N–H and O–H groups in total. The van der Waals surface area contributed by atoms with E-state index in [2.05, 4.69) is 36.5 Å². The summed E-state index contributed by atoms with van der Waals surface area (Å²) in [6.07, 6.45) is 3.85. The molecule has 0 unspecified atom stereocenters. The van der Waals surface area contributed by atoms with Crippen LogP contribution in [0, 0.1) is 0 Å². The van der Waals surface area contributed by atoms with Crippen molar-refractivity contribution in [1.29, 1.82) is 0 Å². The molecule has 0 radical (unpaired) electrons. The Morgan fingerprint density at radius 3 is 2.27 bits per heavy atom. The fraction of sp³-hybridized carbons (Fsp3) is 0.364. The predicted octanol–water partition coefficient (Wildman–Crippen LogP) is 3.62. The quantitative estimate of drug-likeness (QED) is 0.829. The number of hydrogen-bond donors (Lipinski definition) is 1. The Hall–Kier alpha value is -2.62. The van der Waals surface area contributed by atoms with Gasteiger partial charge in [0, 0.05) is 31.6 Å². The lowest BCUT2D eigenvalue weighted by molar-refractivity contribution is -0.121. The number of benzene rings is 2. The zero-order valence-corrected chi connectivity index (χ0v) is 15.3. The van der Waals surface area contributed by atoms with Crippen molar-refractivity contribution in [3.63, 3.8) is 0 Å². The van der Waals surface area contributed by atoms with Gasteiger partial charge in [0.2, 0.25) is 11.8 Å². The summed E-state index contributed by atoms with van der Waals surface area (Å²) in [5.74, 6) is 0.251. The van der Waals surface area contributed by atoms with Gasteiger partial charge >= 0.3 is 0 Å². The van der Waals surface area contributed by atoms with E-state index in [0.29, 0.717) is 19.4 Å². The number of nitrogens with one attached hydrogen (secondary N) is 1. The molecule has 136 valence electrons. The first-order valence-electron chi connectivity index (χ1n) is 9.39. The van der Waals surface area contributed by atoms with Crippen molar-refractivity contribution < 1.29 is 9.59 Å². The Kier molecular flexibility index (Phi) is 6.05. The lowest BCUT2D eigenvalue weighted by Crippen LogP contribution is -2.24. The van der Waals surface area contributed by atoms with Gasteiger partial charge in [-0.3, -0.25) is 9.59 Å². The molecule has 0 saturated carbocycles. The molecule has 3 rings (SSSR count). The summed E-state index contributed by atoms with van der Waals surface area (Å²) in [6, 6.07) is 16.3. The average Bonchev–Trinajstić information content (AvgIpc) is 3.11. The highest BCUT2D eigenvalue weighted by Crippen LogP contribution is 2.21. The first kappa shape index (κ1) is 18.2. The molecule has 2 aromatic carbocycles. The first-order valence-corrected chi connectivity index (χ1v) is 9.39. The highest BCUT2D eigenvalue weighted by atomic mass is 16.2. The Balaban J connectivity index is 1.44. The Morgan fingerprint density at radius 1 is 1.00 bits per heavy atom. The minimum atomic E-state index is 0.0587. The van der Waals surface area contributed by atoms with E-state index < -0.39 is 0 Å². The lowest BCUT2D eigenvalue weighted by atomic mass is 10.1. The summed E-state index contributed by atoms with van der Waals surface area (Å²) < 4.78 is 0. The van der Waals surface area contributed by atoms with Gasteiger partial charge in [0.25, 0.3) is 0 Å². The predicted molar refractivity (Wildman–Crippen MR) is 104 cm³/mol. The van der Waals surface area contributed by atoms with E-state index in [1.54, 1.807) is 0 Å². The van der Waals surface area contributed by atoms with E-state index in [1.165, 1.54) is 11.1 Å². The molecule has 4 heteroatoms. The fourth-order valence-corrected chi connectivity index (χ4v) is 3.20. The summed E-state index contributed by atoms with van der Waals surface area (Å²) in [5, 5.41) is 2.97. The van der Waals surface area contributed by atoms with E-state index in [-0.39, 0.29) is 11.8 Å². The standard InChI is InChI=1S/C22H26N2O2/c1-2-17-5-7-18(8-6-17)11-14-21(25)23-16-19-9-12-20(13-10-19)24-15-3-4-22(24)26/h5-10,12-13H,2-4,11,14-16H2,1H3,(H,23,25). The fourth-order valence-electron chi connectivity index (χ4n) is 3.20. The van der Waals surface area contributed by atoms with E-state index >= 15 is 0 Å². The van der Waals surface area contributed by atoms with Crippen LogP contribution >= 0.6 is 0 Å². The highest BCUT2D eigenvalue weighted by molar-refractivity contribution is 5.95. The van der Waals surface area contributed by atoms with Crippen LogP contribution in [0.3, 0.4) is 0 Å². The third kappa shape index (κ3) is 4.72. The Labute approximate surface area is 155 Å². The second kappa shape index (κ2) is 8.65. The Morgan fingerprint density at radius 2 is 1.65 bits per heavy atom. The van der Waals surface area contributed by atoms with Crippen LogP contribution in [0.15, 0.2) is 48.5 Å². The minimum Gasteiger partial charge on any atom is -0.352 e. The SMILES string of the molecule is CCc1ccc(CCC(=O)NCc2ccc(N3CCCC3=O)cc2)cc1. The zero-order valence-electron chi connectivity index (χ0n) is 15.3. The summed E-state index contributed by atoms with van der Waals surface area (Å²) in [4.78, 5) is 25.7. The molecule has 0 spiro atoms. The molecule has 2 amide bonds. The van der Waals surface area contributed by atoms with Gasteiger partial charge in [-0.25, -0.2) is 0 Å². The molecule has 1 aliphatic rings. The molecular formula is C22H26N2O2. The minimum absolute atomic E-state index is 0.0587. The Bertz CT molecular complexity index is 751.